The molecule has 2 atom stereocenters. The fraction of sp³-hybridized carbons (Fsp3) is 0.667. The van der Waals surface area contributed by atoms with Crippen LogP contribution in [0.4, 0.5) is 5.69 Å². The average molecular weight is 275 g/mol. The van der Waals surface area contributed by atoms with Gasteiger partial charge in [-0.3, -0.25) is 0 Å². The Morgan fingerprint density at radius 2 is 1.70 bits per heavy atom. The zero-order chi connectivity index (χ0) is 14.9. The lowest BCUT2D eigenvalue weighted by atomic mass is 9.69. The monoisotopic (exact) mass is 275 g/mol. The first-order valence-corrected chi connectivity index (χ1v) is 7.86. The number of aromatic hydroxyl groups is 1. The van der Waals surface area contributed by atoms with Gasteiger partial charge in [0.15, 0.2) is 0 Å². The smallest absolute Gasteiger partial charge is 0.118 e. The van der Waals surface area contributed by atoms with E-state index in [9.17, 15) is 5.11 Å². The third kappa shape index (κ3) is 3.28. The van der Waals surface area contributed by atoms with Gasteiger partial charge in [0.05, 0.1) is 0 Å². The zero-order valence-electron chi connectivity index (χ0n) is 13.6. The molecule has 1 aliphatic carbocycles. The van der Waals surface area contributed by atoms with Crippen LogP contribution >= 0.6 is 0 Å². The van der Waals surface area contributed by atoms with Gasteiger partial charge in [-0.2, -0.15) is 0 Å². The van der Waals surface area contributed by atoms with Gasteiger partial charge in [0.25, 0.3) is 0 Å². The summed E-state index contributed by atoms with van der Waals surface area (Å²) in [5.41, 5.74) is 3.60. The van der Waals surface area contributed by atoms with Crippen molar-refractivity contribution in [2.75, 3.05) is 5.32 Å². The van der Waals surface area contributed by atoms with Crippen molar-refractivity contribution < 1.29 is 5.11 Å². The molecule has 1 saturated carbocycles. The number of phenolic OH excluding ortho intramolecular Hbond substituents is 1. The van der Waals surface area contributed by atoms with Gasteiger partial charge in [-0.05, 0) is 61.3 Å². The number of benzene rings is 1. The van der Waals surface area contributed by atoms with Crippen LogP contribution in [0.1, 0.15) is 57.6 Å². The summed E-state index contributed by atoms with van der Waals surface area (Å²) in [6.45, 7) is 11.1. The predicted molar refractivity (Wildman–Crippen MR) is 86.4 cm³/mol. The molecule has 2 unspecified atom stereocenters. The second-order valence-electron chi connectivity index (χ2n) is 7.46. The lowest BCUT2D eigenvalue weighted by Crippen LogP contribution is -2.39. The number of nitrogens with one attached hydrogen (secondary N) is 1. The topological polar surface area (TPSA) is 32.3 Å². The van der Waals surface area contributed by atoms with Gasteiger partial charge in [-0.15, -0.1) is 0 Å². The Balaban J connectivity index is 2.21. The van der Waals surface area contributed by atoms with E-state index in [0.29, 0.717) is 23.1 Å². The van der Waals surface area contributed by atoms with Crippen LogP contribution in [0.3, 0.4) is 0 Å². The summed E-state index contributed by atoms with van der Waals surface area (Å²) in [5.74, 6) is 1.11. The third-order valence-electron chi connectivity index (χ3n) is 4.76. The maximum Gasteiger partial charge on any atom is 0.118 e. The third-order valence-corrected chi connectivity index (χ3v) is 4.76. The van der Waals surface area contributed by atoms with E-state index in [1.165, 1.54) is 31.4 Å². The van der Waals surface area contributed by atoms with E-state index >= 15 is 0 Å². The molecule has 0 aliphatic heterocycles. The molecular formula is C18H29NO. The summed E-state index contributed by atoms with van der Waals surface area (Å²) in [5, 5.41) is 13.5. The summed E-state index contributed by atoms with van der Waals surface area (Å²) in [4.78, 5) is 0. The minimum atomic E-state index is 0.345. The molecule has 0 saturated heterocycles. The Hall–Kier alpha value is -1.18. The first-order valence-electron chi connectivity index (χ1n) is 7.86. The molecule has 20 heavy (non-hydrogen) atoms. The Morgan fingerprint density at radius 1 is 1.05 bits per heavy atom. The molecule has 1 aromatic carbocycles. The number of phenols is 1. The highest BCUT2D eigenvalue weighted by atomic mass is 16.3. The van der Waals surface area contributed by atoms with Gasteiger partial charge in [0, 0.05) is 11.7 Å². The number of rotatable bonds is 2. The molecule has 2 heteroatoms. The minimum absolute atomic E-state index is 0.345. The van der Waals surface area contributed by atoms with E-state index < -0.39 is 0 Å². The standard InChI is InChI=1S/C18H29NO/c1-12-11-17(20)13(2)10-16(12)19-15-9-7-6-8-14(15)18(3,4)5/h10-11,14-15,19-20H,6-9H2,1-5H3. The zero-order valence-corrected chi connectivity index (χ0v) is 13.6. The lowest BCUT2D eigenvalue weighted by Gasteiger charge is -2.41. The number of aryl methyl sites for hydroxylation is 2. The van der Waals surface area contributed by atoms with Gasteiger partial charge in [0.2, 0.25) is 0 Å². The SMILES string of the molecule is Cc1cc(NC2CCCCC2C(C)(C)C)c(C)cc1O. The van der Waals surface area contributed by atoms with E-state index in [1.54, 1.807) is 0 Å². The average Bonchev–Trinajstić information content (AvgIpc) is 2.35. The van der Waals surface area contributed by atoms with E-state index in [-0.39, 0.29) is 0 Å². The molecule has 0 bridgehead atoms. The van der Waals surface area contributed by atoms with Crippen LogP contribution in [-0.2, 0) is 0 Å². The molecule has 0 radical (unpaired) electrons. The van der Waals surface area contributed by atoms with Crippen LogP contribution in [0.15, 0.2) is 12.1 Å². The summed E-state index contributed by atoms with van der Waals surface area (Å²) < 4.78 is 0. The van der Waals surface area contributed by atoms with Gasteiger partial charge in [-0.25, -0.2) is 0 Å². The highest BCUT2D eigenvalue weighted by molar-refractivity contribution is 5.57. The Labute approximate surface area is 123 Å². The highest BCUT2D eigenvalue weighted by Gasteiger charge is 2.34. The van der Waals surface area contributed by atoms with Crippen LogP contribution in [0.25, 0.3) is 0 Å². The van der Waals surface area contributed by atoms with Crippen molar-refractivity contribution in [3.8, 4) is 5.75 Å². The maximum atomic E-state index is 9.78. The van der Waals surface area contributed by atoms with Crippen molar-refractivity contribution in [3.05, 3.63) is 23.3 Å². The quantitative estimate of drug-likeness (QED) is 0.742. The van der Waals surface area contributed by atoms with E-state index in [4.69, 9.17) is 0 Å². The van der Waals surface area contributed by atoms with Crippen LogP contribution < -0.4 is 5.32 Å². The second-order valence-corrected chi connectivity index (χ2v) is 7.46. The van der Waals surface area contributed by atoms with Crippen molar-refractivity contribution >= 4 is 5.69 Å². The fourth-order valence-corrected chi connectivity index (χ4v) is 3.50. The summed E-state index contributed by atoms with van der Waals surface area (Å²) in [6.07, 6.45) is 5.24. The first kappa shape index (κ1) is 15.2. The van der Waals surface area contributed by atoms with Crippen molar-refractivity contribution in [1.29, 1.82) is 0 Å². The Bertz CT molecular complexity index is 473. The number of hydrogen-bond acceptors (Lipinski definition) is 2. The second kappa shape index (κ2) is 5.67. The summed E-state index contributed by atoms with van der Waals surface area (Å²) >= 11 is 0. The molecule has 0 heterocycles. The van der Waals surface area contributed by atoms with Crippen molar-refractivity contribution in [2.24, 2.45) is 11.3 Å². The van der Waals surface area contributed by atoms with Crippen LogP contribution in [0, 0.1) is 25.2 Å². The largest absolute Gasteiger partial charge is 0.508 e. The van der Waals surface area contributed by atoms with Crippen molar-refractivity contribution in [2.45, 2.75) is 66.3 Å². The molecular weight excluding hydrogens is 246 g/mol. The fourth-order valence-electron chi connectivity index (χ4n) is 3.50. The molecule has 1 fully saturated rings. The van der Waals surface area contributed by atoms with Crippen LogP contribution in [0.2, 0.25) is 0 Å². The maximum absolute atomic E-state index is 9.78. The highest BCUT2D eigenvalue weighted by Crippen LogP contribution is 2.40. The molecule has 0 amide bonds. The molecule has 1 aromatic rings. The van der Waals surface area contributed by atoms with Crippen molar-refractivity contribution in [1.82, 2.24) is 0 Å². The molecule has 0 aromatic heterocycles. The number of anilines is 1. The lowest BCUT2D eigenvalue weighted by molar-refractivity contribution is 0.163. The predicted octanol–water partition coefficient (Wildman–Crippen LogP) is 5.03. The van der Waals surface area contributed by atoms with E-state index in [0.717, 1.165) is 11.1 Å². The molecule has 2 nitrogen and oxygen atoms in total. The molecule has 2 N–H and O–H groups in total. The normalized spacial score (nSPS) is 23.6. The van der Waals surface area contributed by atoms with Crippen molar-refractivity contribution in [3.63, 3.8) is 0 Å². The molecule has 2 rings (SSSR count). The van der Waals surface area contributed by atoms with E-state index in [1.807, 2.05) is 13.0 Å². The minimum Gasteiger partial charge on any atom is -0.508 e. The molecule has 0 spiro atoms. The summed E-state index contributed by atoms with van der Waals surface area (Å²) in [6, 6.07) is 4.50. The van der Waals surface area contributed by atoms with E-state index in [2.05, 4.69) is 39.1 Å². The van der Waals surface area contributed by atoms with Crippen LogP contribution in [0.5, 0.6) is 5.75 Å². The van der Waals surface area contributed by atoms with Gasteiger partial charge < -0.3 is 10.4 Å². The summed E-state index contributed by atoms with van der Waals surface area (Å²) in [7, 11) is 0. The van der Waals surface area contributed by atoms with Gasteiger partial charge >= 0.3 is 0 Å². The Kier molecular flexibility index (Phi) is 4.31. The number of hydrogen-bond donors (Lipinski definition) is 2. The molecule has 112 valence electrons. The van der Waals surface area contributed by atoms with Gasteiger partial charge in [-0.1, -0.05) is 33.6 Å². The first-order chi connectivity index (χ1) is 9.29. The molecule has 1 aliphatic rings. The van der Waals surface area contributed by atoms with Crippen LogP contribution in [-0.4, -0.2) is 11.1 Å². The Morgan fingerprint density at radius 3 is 2.35 bits per heavy atom. The van der Waals surface area contributed by atoms with Gasteiger partial charge in [0.1, 0.15) is 5.75 Å².